The van der Waals surface area contributed by atoms with Gasteiger partial charge in [-0.2, -0.15) is 0 Å². The standard InChI is InChI=1S/C12H18BrNO/c1-9-8-10(13)4-5-11(9)12(2,3)15-7-6-14/h4-5,8H,6-7,14H2,1-3H3. The van der Waals surface area contributed by atoms with E-state index in [-0.39, 0.29) is 5.60 Å². The van der Waals surface area contributed by atoms with Crippen LogP contribution in [0, 0.1) is 6.92 Å². The summed E-state index contributed by atoms with van der Waals surface area (Å²) in [6.07, 6.45) is 0. The van der Waals surface area contributed by atoms with E-state index in [1.165, 1.54) is 11.1 Å². The van der Waals surface area contributed by atoms with E-state index in [0.717, 1.165) is 4.47 Å². The SMILES string of the molecule is Cc1cc(Br)ccc1C(C)(C)OCCN. The van der Waals surface area contributed by atoms with E-state index in [1.807, 2.05) is 6.07 Å². The van der Waals surface area contributed by atoms with Crippen molar-refractivity contribution in [2.75, 3.05) is 13.2 Å². The molecule has 0 aliphatic rings. The minimum Gasteiger partial charge on any atom is -0.370 e. The van der Waals surface area contributed by atoms with E-state index < -0.39 is 0 Å². The minimum absolute atomic E-state index is 0.274. The summed E-state index contributed by atoms with van der Waals surface area (Å²) in [5.74, 6) is 0. The van der Waals surface area contributed by atoms with Crippen LogP contribution in [0.3, 0.4) is 0 Å². The molecule has 0 atom stereocenters. The summed E-state index contributed by atoms with van der Waals surface area (Å²) in [4.78, 5) is 0. The van der Waals surface area contributed by atoms with Crippen molar-refractivity contribution in [2.45, 2.75) is 26.4 Å². The third-order valence-electron chi connectivity index (χ3n) is 2.42. The molecule has 0 aromatic heterocycles. The number of benzene rings is 1. The van der Waals surface area contributed by atoms with Crippen molar-refractivity contribution in [1.82, 2.24) is 0 Å². The zero-order chi connectivity index (χ0) is 11.5. The Morgan fingerprint density at radius 1 is 1.40 bits per heavy atom. The van der Waals surface area contributed by atoms with Crippen LogP contribution in [-0.2, 0) is 10.3 Å². The van der Waals surface area contributed by atoms with Crippen molar-refractivity contribution in [2.24, 2.45) is 5.73 Å². The topological polar surface area (TPSA) is 35.2 Å². The number of hydrogen-bond donors (Lipinski definition) is 1. The van der Waals surface area contributed by atoms with Gasteiger partial charge in [-0.15, -0.1) is 0 Å². The molecule has 1 aromatic rings. The van der Waals surface area contributed by atoms with Crippen molar-refractivity contribution in [1.29, 1.82) is 0 Å². The average molecular weight is 272 g/mol. The van der Waals surface area contributed by atoms with Gasteiger partial charge in [0.15, 0.2) is 0 Å². The molecule has 1 aromatic carbocycles. The molecule has 0 spiro atoms. The third-order valence-corrected chi connectivity index (χ3v) is 2.91. The molecular formula is C12H18BrNO. The van der Waals surface area contributed by atoms with Gasteiger partial charge in [-0.05, 0) is 44.0 Å². The molecule has 15 heavy (non-hydrogen) atoms. The van der Waals surface area contributed by atoms with Gasteiger partial charge in [0.2, 0.25) is 0 Å². The van der Waals surface area contributed by atoms with Crippen molar-refractivity contribution in [3.05, 3.63) is 33.8 Å². The molecule has 0 saturated heterocycles. The van der Waals surface area contributed by atoms with Gasteiger partial charge in [0.05, 0.1) is 12.2 Å². The third kappa shape index (κ3) is 3.30. The predicted molar refractivity (Wildman–Crippen MR) is 66.9 cm³/mol. The van der Waals surface area contributed by atoms with Crippen molar-refractivity contribution in [3.8, 4) is 0 Å². The number of aryl methyl sites for hydroxylation is 1. The van der Waals surface area contributed by atoms with Gasteiger partial charge < -0.3 is 10.5 Å². The number of nitrogens with two attached hydrogens (primary N) is 1. The van der Waals surface area contributed by atoms with Gasteiger partial charge in [0.25, 0.3) is 0 Å². The summed E-state index contributed by atoms with van der Waals surface area (Å²) in [6, 6.07) is 6.23. The molecule has 0 saturated carbocycles. The maximum Gasteiger partial charge on any atom is 0.0878 e. The van der Waals surface area contributed by atoms with Crippen LogP contribution in [0.15, 0.2) is 22.7 Å². The second-order valence-corrected chi connectivity index (χ2v) is 5.02. The molecule has 0 unspecified atom stereocenters. The van der Waals surface area contributed by atoms with Crippen LogP contribution < -0.4 is 5.73 Å². The number of hydrogen-bond acceptors (Lipinski definition) is 2. The largest absolute Gasteiger partial charge is 0.370 e. The molecular weight excluding hydrogens is 254 g/mol. The average Bonchev–Trinajstić information content (AvgIpc) is 2.14. The first-order chi connectivity index (χ1) is 6.97. The fourth-order valence-corrected chi connectivity index (χ4v) is 2.17. The minimum atomic E-state index is -0.274. The van der Waals surface area contributed by atoms with E-state index in [2.05, 4.69) is 48.8 Å². The van der Waals surface area contributed by atoms with E-state index in [0.29, 0.717) is 13.2 Å². The fourth-order valence-electron chi connectivity index (χ4n) is 1.69. The van der Waals surface area contributed by atoms with Gasteiger partial charge in [-0.3, -0.25) is 0 Å². The Morgan fingerprint density at radius 3 is 2.60 bits per heavy atom. The molecule has 2 N–H and O–H groups in total. The smallest absolute Gasteiger partial charge is 0.0878 e. The van der Waals surface area contributed by atoms with Gasteiger partial charge in [-0.25, -0.2) is 0 Å². The van der Waals surface area contributed by atoms with Gasteiger partial charge in [0.1, 0.15) is 0 Å². The molecule has 2 nitrogen and oxygen atoms in total. The molecule has 1 rings (SSSR count). The van der Waals surface area contributed by atoms with Crippen LogP contribution in [0.25, 0.3) is 0 Å². The van der Waals surface area contributed by atoms with E-state index in [1.54, 1.807) is 0 Å². The maximum absolute atomic E-state index is 5.75. The molecule has 84 valence electrons. The Morgan fingerprint density at radius 2 is 2.07 bits per heavy atom. The monoisotopic (exact) mass is 271 g/mol. The van der Waals surface area contributed by atoms with Crippen LogP contribution >= 0.6 is 15.9 Å². The van der Waals surface area contributed by atoms with Gasteiger partial charge >= 0.3 is 0 Å². The summed E-state index contributed by atoms with van der Waals surface area (Å²) < 4.78 is 6.84. The summed E-state index contributed by atoms with van der Waals surface area (Å²) in [5.41, 5.74) is 7.61. The molecule has 0 radical (unpaired) electrons. The first-order valence-electron chi connectivity index (χ1n) is 5.08. The number of halogens is 1. The highest BCUT2D eigenvalue weighted by Gasteiger charge is 2.22. The lowest BCUT2D eigenvalue weighted by Crippen LogP contribution is -2.26. The van der Waals surface area contributed by atoms with Crippen molar-refractivity contribution >= 4 is 15.9 Å². The van der Waals surface area contributed by atoms with Crippen LogP contribution in [0.5, 0.6) is 0 Å². The number of ether oxygens (including phenoxy) is 1. The van der Waals surface area contributed by atoms with Crippen molar-refractivity contribution in [3.63, 3.8) is 0 Å². The van der Waals surface area contributed by atoms with Crippen LogP contribution in [0.2, 0.25) is 0 Å². The first kappa shape index (κ1) is 12.7. The summed E-state index contributed by atoms with van der Waals surface area (Å²) in [7, 11) is 0. The first-order valence-corrected chi connectivity index (χ1v) is 5.87. The maximum atomic E-state index is 5.75. The molecule has 0 fully saturated rings. The quantitative estimate of drug-likeness (QED) is 0.914. The molecule has 0 amide bonds. The fraction of sp³-hybridized carbons (Fsp3) is 0.500. The van der Waals surface area contributed by atoms with E-state index >= 15 is 0 Å². The highest BCUT2D eigenvalue weighted by atomic mass is 79.9. The van der Waals surface area contributed by atoms with Gasteiger partial charge in [0, 0.05) is 11.0 Å². The molecule has 0 heterocycles. The van der Waals surface area contributed by atoms with Crippen LogP contribution in [0.1, 0.15) is 25.0 Å². The number of rotatable bonds is 4. The Bertz CT molecular complexity index is 336. The second kappa shape index (κ2) is 5.10. The normalized spacial score (nSPS) is 11.8. The molecule has 0 aliphatic carbocycles. The molecule has 0 bridgehead atoms. The lowest BCUT2D eigenvalue weighted by Gasteiger charge is -2.27. The Hall–Kier alpha value is -0.380. The molecule has 0 aliphatic heterocycles. The van der Waals surface area contributed by atoms with E-state index in [9.17, 15) is 0 Å². The Balaban J connectivity index is 2.93. The second-order valence-electron chi connectivity index (χ2n) is 4.11. The lowest BCUT2D eigenvalue weighted by molar-refractivity contribution is -0.0176. The predicted octanol–water partition coefficient (Wildman–Crippen LogP) is 2.97. The Labute approximate surface area is 99.9 Å². The van der Waals surface area contributed by atoms with Gasteiger partial charge in [-0.1, -0.05) is 22.0 Å². The Kier molecular flexibility index (Phi) is 4.32. The van der Waals surface area contributed by atoms with Crippen molar-refractivity contribution < 1.29 is 4.74 Å². The zero-order valence-corrected chi connectivity index (χ0v) is 11.1. The van der Waals surface area contributed by atoms with Crippen LogP contribution in [0.4, 0.5) is 0 Å². The summed E-state index contributed by atoms with van der Waals surface area (Å²) in [5, 5.41) is 0. The lowest BCUT2D eigenvalue weighted by atomic mass is 9.94. The zero-order valence-electron chi connectivity index (χ0n) is 9.51. The van der Waals surface area contributed by atoms with Crippen LogP contribution in [-0.4, -0.2) is 13.2 Å². The highest BCUT2D eigenvalue weighted by Crippen LogP contribution is 2.29. The summed E-state index contributed by atoms with van der Waals surface area (Å²) in [6.45, 7) is 7.37. The van der Waals surface area contributed by atoms with E-state index in [4.69, 9.17) is 10.5 Å². The highest BCUT2D eigenvalue weighted by molar-refractivity contribution is 9.10. The summed E-state index contributed by atoms with van der Waals surface area (Å²) >= 11 is 3.45. The molecule has 3 heteroatoms.